The summed E-state index contributed by atoms with van der Waals surface area (Å²) < 4.78 is 15.4. The zero-order valence-electron chi connectivity index (χ0n) is 8.61. The van der Waals surface area contributed by atoms with Crippen molar-refractivity contribution < 1.29 is 19.0 Å². The first-order valence-corrected chi connectivity index (χ1v) is 4.55. The Bertz CT molecular complexity index is 473. The number of furan rings is 1. The number of fused-ring (bicyclic) bond motifs is 1. The van der Waals surface area contributed by atoms with Gasteiger partial charge < -0.3 is 19.0 Å². The average molecular weight is 208 g/mol. The van der Waals surface area contributed by atoms with E-state index in [1.807, 2.05) is 6.92 Å². The summed E-state index contributed by atoms with van der Waals surface area (Å²) in [6, 6.07) is 3.36. The highest BCUT2D eigenvalue weighted by Gasteiger charge is 2.12. The lowest BCUT2D eigenvalue weighted by molar-refractivity contribution is 0.0517. The zero-order chi connectivity index (χ0) is 10.8. The second-order valence-electron chi connectivity index (χ2n) is 3.26. The Morgan fingerprint density at radius 1 is 1.47 bits per heavy atom. The molecular formula is C11H12O4. The Morgan fingerprint density at radius 3 is 3.00 bits per heavy atom. The molecule has 1 heterocycles. The monoisotopic (exact) mass is 208 g/mol. The molecule has 0 aliphatic rings. The normalized spacial score (nSPS) is 10.8. The molecule has 0 aliphatic heterocycles. The van der Waals surface area contributed by atoms with E-state index in [4.69, 9.17) is 13.9 Å². The molecule has 1 aromatic heterocycles. The van der Waals surface area contributed by atoms with Crippen LogP contribution in [0.15, 0.2) is 22.8 Å². The fourth-order valence-electron chi connectivity index (χ4n) is 1.54. The molecule has 0 aliphatic carbocycles. The highest BCUT2D eigenvalue weighted by Crippen LogP contribution is 2.36. The van der Waals surface area contributed by atoms with Gasteiger partial charge in [-0.2, -0.15) is 0 Å². The van der Waals surface area contributed by atoms with E-state index in [1.165, 1.54) is 6.26 Å². The lowest BCUT2D eigenvalue weighted by Crippen LogP contribution is -2.00. The molecule has 0 saturated heterocycles. The van der Waals surface area contributed by atoms with E-state index >= 15 is 0 Å². The smallest absolute Gasteiger partial charge is 0.188 e. The summed E-state index contributed by atoms with van der Waals surface area (Å²) in [6.45, 7) is 2.03. The van der Waals surface area contributed by atoms with E-state index in [9.17, 15) is 5.11 Å². The van der Waals surface area contributed by atoms with Crippen molar-refractivity contribution in [2.24, 2.45) is 0 Å². The van der Waals surface area contributed by atoms with Crippen molar-refractivity contribution in [3.05, 3.63) is 24.0 Å². The minimum absolute atomic E-state index is 0.122. The molecule has 4 heteroatoms. The lowest BCUT2D eigenvalue weighted by atomic mass is 10.1. The van der Waals surface area contributed by atoms with Gasteiger partial charge in [-0.1, -0.05) is 0 Å². The van der Waals surface area contributed by atoms with Gasteiger partial charge in [0.05, 0.1) is 11.6 Å². The molecule has 0 bridgehead atoms. The zero-order valence-corrected chi connectivity index (χ0v) is 8.61. The molecule has 15 heavy (non-hydrogen) atoms. The topological polar surface area (TPSA) is 51.8 Å². The Hall–Kier alpha value is -1.68. The number of aryl methyl sites for hydroxylation is 1. The van der Waals surface area contributed by atoms with Crippen LogP contribution >= 0.6 is 0 Å². The number of benzene rings is 1. The van der Waals surface area contributed by atoms with Gasteiger partial charge in [0.1, 0.15) is 5.75 Å². The second-order valence-corrected chi connectivity index (χ2v) is 3.26. The third-order valence-corrected chi connectivity index (χ3v) is 2.17. The number of hydrogen-bond acceptors (Lipinski definition) is 4. The highest BCUT2D eigenvalue weighted by molar-refractivity contribution is 5.90. The van der Waals surface area contributed by atoms with Crippen molar-refractivity contribution in [1.82, 2.24) is 0 Å². The number of ether oxygens (including phenoxy) is 2. The maximum Gasteiger partial charge on any atom is 0.188 e. The molecule has 1 aromatic carbocycles. The average Bonchev–Trinajstić information content (AvgIpc) is 2.66. The van der Waals surface area contributed by atoms with E-state index in [2.05, 4.69) is 0 Å². The molecule has 4 nitrogen and oxygen atoms in total. The van der Waals surface area contributed by atoms with Crippen molar-refractivity contribution in [1.29, 1.82) is 0 Å². The van der Waals surface area contributed by atoms with Crippen molar-refractivity contribution in [3.63, 3.8) is 0 Å². The largest absolute Gasteiger partial charge is 0.504 e. The SMILES string of the molecule is COCOc1c(C)cc(O)c2occc12. The van der Waals surface area contributed by atoms with Crippen LogP contribution in [-0.2, 0) is 4.74 Å². The summed E-state index contributed by atoms with van der Waals surface area (Å²) in [7, 11) is 1.56. The second kappa shape index (κ2) is 3.82. The molecular weight excluding hydrogens is 196 g/mol. The van der Waals surface area contributed by atoms with Crippen LogP contribution in [-0.4, -0.2) is 19.0 Å². The number of rotatable bonds is 3. The minimum Gasteiger partial charge on any atom is -0.504 e. The van der Waals surface area contributed by atoms with Crippen molar-refractivity contribution in [2.75, 3.05) is 13.9 Å². The Kier molecular flexibility index (Phi) is 2.51. The summed E-state index contributed by atoms with van der Waals surface area (Å²) in [4.78, 5) is 0. The summed E-state index contributed by atoms with van der Waals surface area (Å²) in [5.74, 6) is 0.802. The van der Waals surface area contributed by atoms with Crippen molar-refractivity contribution >= 4 is 11.0 Å². The third-order valence-electron chi connectivity index (χ3n) is 2.17. The maximum absolute atomic E-state index is 9.61. The van der Waals surface area contributed by atoms with Gasteiger partial charge in [-0.3, -0.25) is 0 Å². The lowest BCUT2D eigenvalue weighted by Gasteiger charge is -2.09. The molecule has 0 saturated carbocycles. The Labute approximate surface area is 87.0 Å². The van der Waals surface area contributed by atoms with Gasteiger partial charge >= 0.3 is 0 Å². The fourth-order valence-corrected chi connectivity index (χ4v) is 1.54. The molecule has 2 aromatic rings. The van der Waals surface area contributed by atoms with E-state index in [-0.39, 0.29) is 12.5 Å². The molecule has 0 unspecified atom stereocenters. The number of aromatic hydroxyl groups is 1. The molecule has 80 valence electrons. The van der Waals surface area contributed by atoms with Gasteiger partial charge in [-0.15, -0.1) is 0 Å². The van der Waals surface area contributed by atoms with E-state index < -0.39 is 0 Å². The van der Waals surface area contributed by atoms with Crippen LogP contribution in [0.1, 0.15) is 5.56 Å². The first kappa shape index (κ1) is 9.86. The van der Waals surface area contributed by atoms with Gasteiger partial charge in [-0.25, -0.2) is 0 Å². The first-order valence-electron chi connectivity index (χ1n) is 4.55. The summed E-state index contributed by atoms with van der Waals surface area (Å²) in [5.41, 5.74) is 1.28. The molecule has 1 N–H and O–H groups in total. The van der Waals surface area contributed by atoms with Crippen LogP contribution in [0.5, 0.6) is 11.5 Å². The van der Waals surface area contributed by atoms with Gasteiger partial charge in [0.2, 0.25) is 0 Å². The maximum atomic E-state index is 9.61. The Balaban J connectivity index is 2.55. The van der Waals surface area contributed by atoms with Gasteiger partial charge in [-0.05, 0) is 24.6 Å². The number of hydrogen-bond donors (Lipinski definition) is 1. The quantitative estimate of drug-likeness (QED) is 0.787. The molecule has 0 fully saturated rings. The molecule has 0 radical (unpaired) electrons. The third kappa shape index (κ3) is 1.64. The number of phenols is 1. The van der Waals surface area contributed by atoms with Gasteiger partial charge in [0, 0.05) is 7.11 Å². The predicted molar refractivity (Wildman–Crippen MR) is 55.1 cm³/mol. The first-order chi connectivity index (χ1) is 7.24. The van der Waals surface area contributed by atoms with E-state index in [0.717, 1.165) is 10.9 Å². The molecule has 0 atom stereocenters. The van der Waals surface area contributed by atoms with Gasteiger partial charge in [0.25, 0.3) is 0 Å². The van der Waals surface area contributed by atoms with Crippen LogP contribution in [0.2, 0.25) is 0 Å². The predicted octanol–water partition coefficient (Wildman–Crippen LogP) is 2.43. The van der Waals surface area contributed by atoms with Crippen molar-refractivity contribution in [2.45, 2.75) is 6.92 Å². The minimum atomic E-state index is 0.122. The molecule has 0 spiro atoms. The molecule has 0 amide bonds. The summed E-state index contributed by atoms with van der Waals surface area (Å²) in [6.07, 6.45) is 1.52. The standard InChI is InChI=1S/C11H12O4/c1-7-5-9(12)11-8(3-4-14-11)10(7)15-6-13-2/h3-5,12H,6H2,1-2H3. The summed E-state index contributed by atoms with van der Waals surface area (Å²) >= 11 is 0. The van der Waals surface area contributed by atoms with Crippen LogP contribution in [0.3, 0.4) is 0 Å². The molecule has 2 rings (SSSR count). The Morgan fingerprint density at radius 2 is 2.27 bits per heavy atom. The van der Waals surface area contributed by atoms with Gasteiger partial charge in [0.15, 0.2) is 18.1 Å². The van der Waals surface area contributed by atoms with Crippen LogP contribution < -0.4 is 4.74 Å². The number of methoxy groups -OCH3 is 1. The van der Waals surface area contributed by atoms with E-state index in [0.29, 0.717) is 11.3 Å². The summed E-state index contributed by atoms with van der Waals surface area (Å²) in [5, 5.41) is 10.4. The van der Waals surface area contributed by atoms with Crippen molar-refractivity contribution in [3.8, 4) is 11.5 Å². The number of phenolic OH excluding ortho intramolecular Hbond substituents is 1. The fraction of sp³-hybridized carbons (Fsp3) is 0.273. The van der Waals surface area contributed by atoms with E-state index in [1.54, 1.807) is 19.2 Å². The van der Waals surface area contributed by atoms with Crippen LogP contribution in [0.25, 0.3) is 11.0 Å². The van der Waals surface area contributed by atoms with Crippen LogP contribution in [0.4, 0.5) is 0 Å². The highest BCUT2D eigenvalue weighted by atomic mass is 16.7. The van der Waals surface area contributed by atoms with Crippen LogP contribution in [0, 0.1) is 6.92 Å².